The highest BCUT2D eigenvalue weighted by molar-refractivity contribution is 5.95. The van der Waals surface area contributed by atoms with E-state index in [1.54, 1.807) is 25.1 Å². The third kappa shape index (κ3) is 5.15. The third-order valence-corrected chi connectivity index (χ3v) is 4.78. The first-order valence-electron chi connectivity index (χ1n) is 9.52. The molecule has 2 amide bonds. The molecule has 1 heterocycles. The number of carbonyl (C=O) groups is 2. The van der Waals surface area contributed by atoms with E-state index in [4.69, 9.17) is 4.74 Å². The molecule has 0 aromatic heterocycles. The van der Waals surface area contributed by atoms with Crippen LogP contribution in [0.5, 0.6) is 5.75 Å². The molecule has 0 bridgehead atoms. The lowest BCUT2D eigenvalue weighted by atomic mass is 9.95. The molecule has 27 heavy (non-hydrogen) atoms. The summed E-state index contributed by atoms with van der Waals surface area (Å²) in [5.41, 5.74) is 1.53. The van der Waals surface area contributed by atoms with Crippen molar-refractivity contribution in [3.8, 4) is 5.75 Å². The largest absolute Gasteiger partial charge is 0.489 e. The van der Waals surface area contributed by atoms with Gasteiger partial charge in [-0.1, -0.05) is 20.8 Å². The average Bonchev–Trinajstić information content (AvgIpc) is 2.60. The highest BCUT2D eigenvalue weighted by Gasteiger charge is 2.30. The Bertz CT molecular complexity index is 694. The maximum atomic E-state index is 12.8. The van der Waals surface area contributed by atoms with Gasteiger partial charge in [0.1, 0.15) is 12.4 Å². The van der Waals surface area contributed by atoms with Crippen LogP contribution in [0.15, 0.2) is 18.2 Å². The number of rotatable bonds is 5. The molecule has 0 radical (unpaired) electrons. The summed E-state index contributed by atoms with van der Waals surface area (Å²) in [7, 11) is 5.43. The first-order valence-corrected chi connectivity index (χ1v) is 9.52. The van der Waals surface area contributed by atoms with Crippen LogP contribution in [0, 0.1) is 5.41 Å². The van der Waals surface area contributed by atoms with Gasteiger partial charge in [-0.2, -0.15) is 0 Å². The van der Waals surface area contributed by atoms with Gasteiger partial charge in [-0.25, -0.2) is 0 Å². The third-order valence-electron chi connectivity index (χ3n) is 4.78. The Morgan fingerprint density at radius 1 is 1.26 bits per heavy atom. The summed E-state index contributed by atoms with van der Waals surface area (Å²) in [4.78, 5) is 30.6. The normalized spacial score (nSPS) is 16.4. The van der Waals surface area contributed by atoms with Gasteiger partial charge in [0, 0.05) is 39.8 Å². The number of hydrogen-bond acceptors (Lipinski definition) is 4. The number of carbonyl (C=O) groups excluding carboxylic acids is 2. The SMILES string of the molecule is CCN(CC(C)(C)C)C(=O)C[C@@H]1COc2ccc(C(=O)N(C)C)cc2N1C. The summed E-state index contributed by atoms with van der Waals surface area (Å²) in [5.74, 6) is 0.835. The summed E-state index contributed by atoms with van der Waals surface area (Å²) >= 11 is 0. The number of benzene rings is 1. The summed E-state index contributed by atoms with van der Waals surface area (Å²) in [6.07, 6.45) is 0.395. The number of ether oxygens (including phenoxy) is 1. The topological polar surface area (TPSA) is 53.1 Å². The van der Waals surface area contributed by atoms with E-state index in [9.17, 15) is 9.59 Å². The van der Waals surface area contributed by atoms with Crippen molar-refractivity contribution in [1.29, 1.82) is 0 Å². The quantitative estimate of drug-likeness (QED) is 0.794. The second kappa shape index (κ2) is 8.19. The molecule has 150 valence electrons. The minimum Gasteiger partial charge on any atom is -0.489 e. The molecule has 1 atom stereocenters. The zero-order valence-corrected chi connectivity index (χ0v) is 17.7. The number of fused-ring (bicyclic) bond motifs is 1. The Kier molecular flexibility index (Phi) is 6.39. The monoisotopic (exact) mass is 375 g/mol. The van der Waals surface area contributed by atoms with E-state index >= 15 is 0 Å². The molecule has 6 heteroatoms. The predicted molar refractivity (Wildman–Crippen MR) is 108 cm³/mol. The van der Waals surface area contributed by atoms with Crippen LogP contribution in [0.1, 0.15) is 44.5 Å². The fourth-order valence-electron chi connectivity index (χ4n) is 3.28. The molecule has 1 aromatic rings. The van der Waals surface area contributed by atoms with Gasteiger partial charge in [-0.15, -0.1) is 0 Å². The Hall–Kier alpha value is -2.24. The van der Waals surface area contributed by atoms with Crippen molar-refractivity contribution in [1.82, 2.24) is 9.80 Å². The van der Waals surface area contributed by atoms with E-state index in [1.165, 1.54) is 0 Å². The molecule has 0 saturated heterocycles. The zero-order valence-electron chi connectivity index (χ0n) is 17.7. The lowest BCUT2D eigenvalue weighted by Gasteiger charge is -2.37. The van der Waals surface area contributed by atoms with Crippen LogP contribution in [0.3, 0.4) is 0 Å². The Morgan fingerprint density at radius 3 is 2.48 bits per heavy atom. The van der Waals surface area contributed by atoms with Gasteiger partial charge >= 0.3 is 0 Å². The van der Waals surface area contributed by atoms with Crippen molar-refractivity contribution >= 4 is 17.5 Å². The van der Waals surface area contributed by atoms with Gasteiger partial charge < -0.3 is 19.4 Å². The van der Waals surface area contributed by atoms with Crippen molar-refractivity contribution in [3.63, 3.8) is 0 Å². The van der Waals surface area contributed by atoms with Crippen molar-refractivity contribution in [2.24, 2.45) is 5.41 Å². The summed E-state index contributed by atoms with van der Waals surface area (Å²) in [5, 5.41) is 0. The van der Waals surface area contributed by atoms with Crippen LogP contribution in [0.4, 0.5) is 5.69 Å². The minimum atomic E-state index is -0.0521. The molecule has 1 aromatic carbocycles. The van der Waals surface area contributed by atoms with E-state index < -0.39 is 0 Å². The smallest absolute Gasteiger partial charge is 0.253 e. The van der Waals surface area contributed by atoms with Crippen LogP contribution < -0.4 is 9.64 Å². The fourth-order valence-corrected chi connectivity index (χ4v) is 3.28. The van der Waals surface area contributed by atoms with E-state index in [2.05, 4.69) is 25.7 Å². The number of amides is 2. The second-order valence-electron chi connectivity index (χ2n) is 8.63. The van der Waals surface area contributed by atoms with Gasteiger partial charge in [0.25, 0.3) is 5.91 Å². The Morgan fingerprint density at radius 2 is 1.93 bits per heavy atom. The van der Waals surface area contributed by atoms with E-state index in [1.807, 2.05) is 31.0 Å². The van der Waals surface area contributed by atoms with Crippen molar-refractivity contribution < 1.29 is 14.3 Å². The molecule has 0 fully saturated rings. The lowest BCUT2D eigenvalue weighted by Crippen LogP contribution is -2.46. The van der Waals surface area contributed by atoms with Crippen molar-refractivity contribution in [3.05, 3.63) is 23.8 Å². The van der Waals surface area contributed by atoms with Crippen LogP contribution >= 0.6 is 0 Å². The second-order valence-corrected chi connectivity index (χ2v) is 8.63. The number of nitrogens with zero attached hydrogens (tertiary/aromatic N) is 3. The molecule has 6 nitrogen and oxygen atoms in total. The molecular weight excluding hydrogens is 342 g/mol. The molecule has 0 aliphatic carbocycles. The summed E-state index contributed by atoms with van der Waals surface area (Å²) in [6.45, 7) is 10.3. The molecule has 1 aliphatic heterocycles. The van der Waals surface area contributed by atoms with Crippen LogP contribution in [0.25, 0.3) is 0 Å². The van der Waals surface area contributed by atoms with E-state index in [0.29, 0.717) is 25.1 Å². The lowest BCUT2D eigenvalue weighted by molar-refractivity contribution is -0.132. The van der Waals surface area contributed by atoms with Crippen LogP contribution in [-0.4, -0.2) is 68.5 Å². The maximum absolute atomic E-state index is 12.8. The molecule has 1 aliphatic rings. The van der Waals surface area contributed by atoms with Crippen molar-refractivity contribution in [2.45, 2.75) is 40.2 Å². The highest BCUT2D eigenvalue weighted by atomic mass is 16.5. The Labute approximate surface area is 163 Å². The van der Waals surface area contributed by atoms with Gasteiger partial charge in [0.15, 0.2) is 0 Å². The van der Waals surface area contributed by atoms with Gasteiger partial charge in [0.05, 0.1) is 18.2 Å². The van der Waals surface area contributed by atoms with Crippen LogP contribution in [-0.2, 0) is 4.79 Å². The molecular formula is C21H33N3O3. The minimum absolute atomic E-state index is 0.0493. The maximum Gasteiger partial charge on any atom is 0.253 e. The molecule has 0 saturated carbocycles. The zero-order chi connectivity index (χ0) is 20.4. The van der Waals surface area contributed by atoms with Gasteiger partial charge in [-0.05, 0) is 30.5 Å². The molecule has 0 spiro atoms. The summed E-state index contributed by atoms with van der Waals surface area (Å²) in [6, 6.07) is 5.41. The number of likely N-dealkylation sites (N-methyl/N-ethyl adjacent to an activating group) is 1. The average molecular weight is 376 g/mol. The standard InChI is InChI=1S/C21H33N3O3/c1-8-24(14-21(2,3)4)19(25)12-16-13-27-18-10-9-15(20(26)22(5)6)11-17(18)23(16)7/h9-11,16H,8,12-14H2,1-7H3/t16-/m1/s1. The highest BCUT2D eigenvalue weighted by Crippen LogP contribution is 2.35. The summed E-state index contributed by atoms with van der Waals surface area (Å²) < 4.78 is 5.88. The Balaban J connectivity index is 2.15. The molecule has 2 rings (SSSR count). The molecule has 0 N–H and O–H groups in total. The first-order chi connectivity index (χ1) is 12.5. The fraction of sp³-hybridized carbons (Fsp3) is 0.619. The van der Waals surface area contributed by atoms with Crippen LogP contribution in [0.2, 0.25) is 0 Å². The van der Waals surface area contributed by atoms with Gasteiger partial charge in [0.2, 0.25) is 5.91 Å². The van der Waals surface area contributed by atoms with E-state index in [0.717, 1.165) is 18.0 Å². The predicted octanol–water partition coefficient (Wildman–Crippen LogP) is 2.87. The van der Waals surface area contributed by atoms with Gasteiger partial charge in [-0.3, -0.25) is 9.59 Å². The first kappa shape index (κ1) is 21.1. The number of hydrogen-bond donors (Lipinski definition) is 0. The van der Waals surface area contributed by atoms with Crippen molar-refractivity contribution in [2.75, 3.05) is 45.7 Å². The molecule has 0 unspecified atom stereocenters. The number of anilines is 1. The van der Waals surface area contributed by atoms with E-state index in [-0.39, 0.29) is 23.3 Å².